The number of aryl methyl sites for hydroxylation is 1. The van der Waals surface area contributed by atoms with Crippen LogP contribution >= 0.6 is 0 Å². The average molecular weight is 334 g/mol. The molecule has 1 aromatic carbocycles. The summed E-state index contributed by atoms with van der Waals surface area (Å²) >= 11 is 0. The highest BCUT2D eigenvalue weighted by atomic mass is 32.2. The molecule has 0 atom stereocenters. The van der Waals surface area contributed by atoms with Crippen molar-refractivity contribution in [3.05, 3.63) is 47.7 Å². The third-order valence-corrected chi connectivity index (χ3v) is 4.85. The van der Waals surface area contributed by atoms with E-state index < -0.39 is 10.0 Å². The summed E-state index contributed by atoms with van der Waals surface area (Å²) in [6, 6.07) is 8.69. The summed E-state index contributed by atoms with van der Waals surface area (Å²) in [7, 11) is -2.34. The maximum Gasteiger partial charge on any atom is 0.266 e. The highest BCUT2D eigenvalue weighted by Gasteiger charge is 2.24. The van der Waals surface area contributed by atoms with Gasteiger partial charge >= 0.3 is 0 Å². The van der Waals surface area contributed by atoms with Crippen molar-refractivity contribution in [3.8, 4) is 5.75 Å². The van der Waals surface area contributed by atoms with E-state index >= 15 is 0 Å². The molecule has 124 valence electrons. The van der Waals surface area contributed by atoms with Gasteiger partial charge in [-0.2, -0.15) is 0 Å². The van der Waals surface area contributed by atoms with Crippen LogP contribution in [0.1, 0.15) is 31.9 Å². The fourth-order valence-electron chi connectivity index (χ4n) is 2.14. The fraction of sp³-hybridized carbons (Fsp3) is 0.353. The van der Waals surface area contributed by atoms with E-state index in [4.69, 9.17) is 4.74 Å². The van der Waals surface area contributed by atoms with Gasteiger partial charge in [-0.15, -0.1) is 0 Å². The van der Waals surface area contributed by atoms with Crippen molar-refractivity contribution in [2.45, 2.75) is 38.0 Å². The molecule has 1 N–H and O–H groups in total. The first kappa shape index (κ1) is 17.3. The van der Waals surface area contributed by atoms with Gasteiger partial charge in [0, 0.05) is 6.20 Å². The van der Waals surface area contributed by atoms with E-state index in [0.717, 1.165) is 11.1 Å². The summed E-state index contributed by atoms with van der Waals surface area (Å²) in [4.78, 5) is 4.15. The van der Waals surface area contributed by atoms with Crippen molar-refractivity contribution in [2.75, 3.05) is 11.8 Å². The van der Waals surface area contributed by atoms with Gasteiger partial charge in [0.25, 0.3) is 10.0 Å². The number of ether oxygens (including phenoxy) is 1. The van der Waals surface area contributed by atoms with Gasteiger partial charge in [0.05, 0.1) is 7.11 Å². The maximum atomic E-state index is 12.7. The Bertz CT molecular complexity index is 809. The van der Waals surface area contributed by atoms with E-state index in [0.29, 0.717) is 5.75 Å². The fourth-order valence-corrected chi connectivity index (χ4v) is 3.33. The minimum absolute atomic E-state index is 0.107. The molecule has 1 aromatic heterocycles. The quantitative estimate of drug-likeness (QED) is 0.929. The first-order chi connectivity index (χ1) is 10.6. The van der Waals surface area contributed by atoms with Crippen LogP contribution in [0.25, 0.3) is 0 Å². The summed E-state index contributed by atoms with van der Waals surface area (Å²) in [6.07, 6.45) is 1.57. The van der Waals surface area contributed by atoms with Gasteiger partial charge in [0.15, 0.2) is 0 Å². The number of methoxy groups -OCH3 is 1. The Labute approximate surface area is 137 Å². The lowest BCUT2D eigenvalue weighted by atomic mass is 9.87. The molecule has 0 aliphatic heterocycles. The van der Waals surface area contributed by atoms with E-state index in [2.05, 4.69) is 9.71 Å². The highest BCUT2D eigenvalue weighted by Crippen LogP contribution is 2.31. The molecule has 0 bridgehead atoms. The predicted octanol–water partition coefficient (Wildman–Crippen LogP) is 3.50. The summed E-state index contributed by atoms with van der Waals surface area (Å²) < 4.78 is 33.2. The molecular weight excluding hydrogens is 312 g/mol. The van der Waals surface area contributed by atoms with Crippen molar-refractivity contribution in [3.63, 3.8) is 0 Å². The number of rotatable bonds is 4. The normalized spacial score (nSPS) is 12.0. The summed E-state index contributed by atoms with van der Waals surface area (Å²) in [5, 5.41) is 0. The monoisotopic (exact) mass is 334 g/mol. The van der Waals surface area contributed by atoms with Crippen LogP contribution in [0, 0.1) is 6.92 Å². The lowest BCUT2D eigenvalue weighted by Crippen LogP contribution is -2.17. The van der Waals surface area contributed by atoms with Gasteiger partial charge in [0.1, 0.15) is 16.5 Å². The zero-order valence-electron chi connectivity index (χ0n) is 14.0. The number of benzene rings is 1. The first-order valence-electron chi connectivity index (χ1n) is 7.27. The topological polar surface area (TPSA) is 68.3 Å². The number of hydrogen-bond donors (Lipinski definition) is 1. The molecule has 23 heavy (non-hydrogen) atoms. The second-order valence-corrected chi connectivity index (χ2v) is 8.09. The van der Waals surface area contributed by atoms with Crippen LogP contribution in [0.5, 0.6) is 5.75 Å². The van der Waals surface area contributed by atoms with Crippen molar-refractivity contribution in [2.24, 2.45) is 0 Å². The SMILES string of the molecule is COc1ccc(C(C)(C)C)cc1S(=O)(=O)Nc1cc(C)ccn1. The second kappa shape index (κ2) is 6.20. The van der Waals surface area contributed by atoms with E-state index in [1.807, 2.05) is 33.8 Å². The summed E-state index contributed by atoms with van der Waals surface area (Å²) in [6.45, 7) is 7.96. The van der Waals surface area contributed by atoms with E-state index in [9.17, 15) is 8.42 Å². The van der Waals surface area contributed by atoms with Gasteiger partial charge in [-0.1, -0.05) is 26.8 Å². The summed E-state index contributed by atoms with van der Waals surface area (Å²) in [5.41, 5.74) is 1.67. The van der Waals surface area contributed by atoms with Crippen molar-refractivity contribution >= 4 is 15.8 Å². The molecule has 0 aliphatic rings. The molecule has 0 radical (unpaired) electrons. The van der Waals surface area contributed by atoms with Crippen LogP contribution in [0.2, 0.25) is 0 Å². The number of aromatic nitrogens is 1. The molecule has 0 saturated heterocycles. The number of anilines is 1. The molecule has 0 fully saturated rings. The van der Waals surface area contributed by atoms with E-state index in [-0.39, 0.29) is 16.1 Å². The number of nitrogens with zero attached hydrogens (tertiary/aromatic N) is 1. The van der Waals surface area contributed by atoms with Crippen molar-refractivity contribution in [1.29, 1.82) is 0 Å². The lowest BCUT2D eigenvalue weighted by Gasteiger charge is -2.21. The Morgan fingerprint density at radius 1 is 1.13 bits per heavy atom. The van der Waals surface area contributed by atoms with Crippen LogP contribution in [0.15, 0.2) is 41.4 Å². The van der Waals surface area contributed by atoms with Gasteiger partial charge in [-0.25, -0.2) is 13.4 Å². The molecule has 2 rings (SSSR count). The Kier molecular flexibility index (Phi) is 4.66. The van der Waals surface area contributed by atoms with Crippen LogP contribution in [-0.2, 0) is 15.4 Å². The molecule has 0 unspecified atom stereocenters. The lowest BCUT2D eigenvalue weighted by molar-refractivity contribution is 0.402. The Hall–Kier alpha value is -2.08. The second-order valence-electron chi connectivity index (χ2n) is 6.44. The molecule has 2 aromatic rings. The number of pyridine rings is 1. The number of hydrogen-bond acceptors (Lipinski definition) is 4. The largest absolute Gasteiger partial charge is 0.495 e. The molecule has 5 nitrogen and oxygen atoms in total. The zero-order chi connectivity index (χ0) is 17.3. The molecule has 0 aliphatic carbocycles. The molecule has 0 amide bonds. The van der Waals surface area contributed by atoms with Crippen molar-refractivity contribution < 1.29 is 13.2 Å². The van der Waals surface area contributed by atoms with E-state index in [1.165, 1.54) is 7.11 Å². The highest BCUT2D eigenvalue weighted by molar-refractivity contribution is 7.92. The first-order valence-corrected chi connectivity index (χ1v) is 8.76. The standard InChI is InChI=1S/C17H22N2O3S/c1-12-8-9-18-16(10-12)19-23(20,21)15-11-13(17(2,3)4)6-7-14(15)22-5/h6-11H,1-5H3,(H,18,19). The third kappa shape index (κ3) is 4.01. The Morgan fingerprint density at radius 3 is 2.39 bits per heavy atom. The predicted molar refractivity (Wildman–Crippen MR) is 91.5 cm³/mol. The summed E-state index contributed by atoms with van der Waals surface area (Å²) in [5.74, 6) is 0.589. The van der Waals surface area contributed by atoms with Gasteiger partial charge < -0.3 is 4.74 Å². The Morgan fingerprint density at radius 2 is 1.83 bits per heavy atom. The molecule has 0 spiro atoms. The molecule has 0 saturated carbocycles. The van der Waals surface area contributed by atoms with Gasteiger partial charge in [-0.3, -0.25) is 4.72 Å². The number of nitrogens with one attached hydrogen (secondary N) is 1. The minimum atomic E-state index is -3.79. The Balaban J connectivity index is 2.49. The van der Waals surface area contributed by atoms with Crippen molar-refractivity contribution in [1.82, 2.24) is 4.98 Å². The van der Waals surface area contributed by atoms with E-state index in [1.54, 1.807) is 30.5 Å². The van der Waals surface area contributed by atoms with Gasteiger partial charge in [0.2, 0.25) is 0 Å². The van der Waals surface area contributed by atoms with Crippen LogP contribution in [-0.4, -0.2) is 20.5 Å². The minimum Gasteiger partial charge on any atom is -0.495 e. The third-order valence-electron chi connectivity index (χ3n) is 3.47. The number of sulfonamides is 1. The van der Waals surface area contributed by atoms with Crippen LogP contribution in [0.4, 0.5) is 5.82 Å². The molecular formula is C17H22N2O3S. The van der Waals surface area contributed by atoms with Gasteiger partial charge in [-0.05, 0) is 47.7 Å². The maximum absolute atomic E-state index is 12.7. The smallest absolute Gasteiger partial charge is 0.266 e. The van der Waals surface area contributed by atoms with Crippen LogP contribution < -0.4 is 9.46 Å². The average Bonchev–Trinajstić information content (AvgIpc) is 2.45. The molecule has 6 heteroatoms. The van der Waals surface area contributed by atoms with Crippen LogP contribution in [0.3, 0.4) is 0 Å². The molecule has 1 heterocycles. The zero-order valence-corrected chi connectivity index (χ0v) is 14.9.